The van der Waals surface area contributed by atoms with Gasteiger partial charge in [0.05, 0.1) is 17.6 Å². The molecule has 0 spiro atoms. The molecule has 1 aromatic carbocycles. The molecule has 2 heterocycles. The second kappa shape index (κ2) is 9.04. The number of benzene rings is 1. The standard InChI is InChI=1S/C17H26N4O.Na.H/c1-3-22-14-13-21-16-8-5-4-7-15(16)18-17(21)20-10-6-9-19(2)11-12-20;;/h4-5,7-8H,3,6,9-14H2,1-2H3;;/q;+1;-1. The van der Waals surface area contributed by atoms with Crippen LogP contribution in [0.4, 0.5) is 5.95 Å². The average molecular weight is 326 g/mol. The monoisotopic (exact) mass is 326 g/mol. The Morgan fingerprint density at radius 1 is 1.17 bits per heavy atom. The number of aromatic nitrogens is 2. The molecule has 6 heteroatoms. The van der Waals surface area contributed by atoms with Crippen LogP contribution in [0.25, 0.3) is 11.0 Å². The van der Waals surface area contributed by atoms with Gasteiger partial charge < -0.3 is 20.5 Å². The molecule has 1 saturated heterocycles. The smallest absolute Gasteiger partial charge is 1.00 e. The van der Waals surface area contributed by atoms with Crippen LogP contribution in [-0.2, 0) is 11.3 Å². The van der Waals surface area contributed by atoms with Gasteiger partial charge in [0.15, 0.2) is 0 Å². The van der Waals surface area contributed by atoms with E-state index in [1.807, 2.05) is 6.92 Å². The molecule has 122 valence electrons. The number of hydrogen-bond acceptors (Lipinski definition) is 4. The van der Waals surface area contributed by atoms with Crippen molar-refractivity contribution in [2.24, 2.45) is 0 Å². The fourth-order valence-corrected chi connectivity index (χ4v) is 3.07. The van der Waals surface area contributed by atoms with Gasteiger partial charge in [-0.1, -0.05) is 12.1 Å². The van der Waals surface area contributed by atoms with Crippen LogP contribution in [0, 0.1) is 0 Å². The van der Waals surface area contributed by atoms with E-state index < -0.39 is 0 Å². The fourth-order valence-electron chi connectivity index (χ4n) is 3.07. The van der Waals surface area contributed by atoms with Gasteiger partial charge in [0.25, 0.3) is 0 Å². The number of rotatable bonds is 5. The number of para-hydroxylation sites is 2. The van der Waals surface area contributed by atoms with Gasteiger partial charge in [-0.05, 0) is 39.1 Å². The molecule has 0 saturated carbocycles. The molecule has 0 unspecified atom stereocenters. The molecule has 23 heavy (non-hydrogen) atoms. The summed E-state index contributed by atoms with van der Waals surface area (Å²) >= 11 is 0. The first-order valence-corrected chi connectivity index (χ1v) is 8.26. The summed E-state index contributed by atoms with van der Waals surface area (Å²) in [5, 5.41) is 0. The predicted octanol–water partition coefficient (Wildman–Crippen LogP) is -0.669. The van der Waals surface area contributed by atoms with E-state index in [1.165, 1.54) is 11.9 Å². The summed E-state index contributed by atoms with van der Waals surface area (Å²) < 4.78 is 7.88. The Morgan fingerprint density at radius 3 is 2.83 bits per heavy atom. The van der Waals surface area contributed by atoms with E-state index >= 15 is 0 Å². The van der Waals surface area contributed by atoms with Crippen molar-refractivity contribution >= 4 is 17.0 Å². The maximum Gasteiger partial charge on any atom is 1.00 e. The molecule has 5 nitrogen and oxygen atoms in total. The van der Waals surface area contributed by atoms with Crippen molar-refractivity contribution in [2.75, 3.05) is 51.3 Å². The van der Waals surface area contributed by atoms with Gasteiger partial charge >= 0.3 is 29.6 Å². The Labute approximate surface area is 162 Å². The zero-order valence-corrected chi connectivity index (χ0v) is 16.7. The van der Waals surface area contributed by atoms with E-state index in [0.29, 0.717) is 0 Å². The van der Waals surface area contributed by atoms with Crippen LogP contribution < -0.4 is 34.5 Å². The molecule has 1 aromatic heterocycles. The molecule has 2 aromatic rings. The van der Waals surface area contributed by atoms with Crippen molar-refractivity contribution in [3.63, 3.8) is 0 Å². The van der Waals surface area contributed by atoms with Crippen molar-refractivity contribution in [1.29, 1.82) is 0 Å². The summed E-state index contributed by atoms with van der Waals surface area (Å²) in [6, 6.07) is 8.39. The van der Waals surface area contributed by atoms with Crippen LogP contribution in [0.15, 0.2) is 24.3 Å². The van der Waals surface area contributed by atoms with Crippen molar-refractivity contribution < 1.29 is 35.7 Å². The average Bonchev–Trinajstić information content (AvgIpc) is 2.75. The van der Waals surface area contributed by atoms with E-state index in [0.717, 1.165) is 57.4 Å². The Bertz CT molecular complexity index is 622. The van der Waals surface area contributed by atoms with Crippen molar-refractivity contribution in [1.82, 2.24) is 14.5 Å². The van der Waals surface area contributed by atoms with Crippen LogP contribution in [0.1, 0.15) is 14.8 Å². The van der Waals surface area contributed by atoms with Crippen molar-refractivity contribution in [3.05, 3.63) is 24.3 Å². The first kappa shape index (κ1) is 18.7. The first-order chi connectivity index (χ1) is 10.8. The minimum Gasteiger partial charge on any atom is -1.00 e. The van der Waals surface area contributed by atoms with Gasteiger partial charge in [-0.2, -0.15) is 0 Å². The van der Waals surface area contributed by atoms with E-state index in [2.05, 4.69) is 45.7 Å². The number of imidazole rings is 1. The third-order valence-electron chi connectivity index (χ3n) is 4.30. The maximum atomic E-state index is 5.56. The van der Waals surface area contributed by atoms with Gasteiger partial charge in [0.1, 0.15) is 0 Å². The third kappa shape index (κ3) is 4.48. The summed E-state index contributed by atoms with van der Waals surface area (Å²) in [5.41, 5.74) is 2.28. The normalized spacial score (nSPS) is 16.3. The van der Waals surface area contributed by atoms with E-state index in [-0.39, 0.29) is 31.0 Å². The SMILES string of the molecule is CCOCCn1c(N2CCCN(C)CC2)nc2ccccc21.[H-].[Na+]. The molecule has 0 radical (unpaired) electrons. The number of likely N-dealkylation sites (N-methyl/N-ethyl adjacent to an activating group) is 1. The van der Waals surface area contributed by atoms with Crippen LogP contribution in [-0.4, -0.2) is 60.9 Å². The van der Waals surface area contributed by atoms with Gasteiger partial charge in [-0.3, -0.25) is 0 Å². The summed E-state index contributed by atoms with van der Waals surface area (Å²) in [5.74, 6) is 1.09. The third-order valence-corrected chi connectivity index (χ3v) is 4.30. The largest absolute Gasteiger partial charge is 1.00 e. The molecule has 1 aliphatic heterocycles. The minimum absolute atomic E-state index is 0. The Hall–Kier alpha value is -0.590. The van der Waals surface area contributed by atoms with E-state index in [1.54, 1.807) is 0 Å². The second-order valence-electron chi connectivity index (χ2n) is 5.89. The summed E-state index contributed by atoms with van der Waals surface area (Å²) in [4.78, 5) is 9.72. The molecule has 0 atom stereocenters. The molecule has 3 rings (SSSR count). The first-order valence-electron chi connectivity index (χ1n) is 8.26. The minimum atomic E-state index is 0. The molecule has 1 fully saturated rings. The Morgan fingerprint density at radius 2 is 2.00 bits per heavy atom. The second-order valence-corrected chi connectivity index (χ2v) is 5.89. The number of fused-ring (bicyclic) bond motifs is 1. The van der Waals surface area contributed by atoms with Gasteiger partial charge in [0, 0.05) is 32.8 Å². The van der Waals surface area contributed by atoms with Crippen molar-refractivity contribution in [2.45, 2.75) is 19.9 Å². The maximum absolute atomic E-state index is 5.56. The summed E-state index contributed by atoms with van der Waals surface area (Å²) in [6.07, 6.45) is 1.19. The van der Waals surface area contributed by atoms with Crippen LogP contribution in [0.2, 0.25) is 0 Å². The fraction of sp³-hybridized carbons (Fsp3) is 0.588. The van der Waals surface area contributed by atoms with E-state index in [9.17, 15) is 0 Å². The Balaban J connectivity index is 0.00000144. The molecule has 0 amide bonds. The quantitative estimate of drug-likeness (QED) is 0.539. The molecule has 1 aliphatic rings. The zero-order valence-electron chi connectivity index (χ0n) is 15.7. The van der Waals surface area contributed by atoms with Crippen LogP contribution in [0.3, 0.4) is 0 Å². The predicted molar refractivity (Wildman–Crippen MR) is 91.7 cm³/mol. The summed E-state index contributed by atoms with van der Waals surface area (Å²) in [6.45, 7) is 8.75. The number of ether oxygens (including phenoxy) is 1. The van der Waals surface area contributed by atoms with Gasteiger partial charge in [-0.25, -0.2) is 4.98 Å². The molecule has 0 aliphatic carbocycles. The molecule has 0 bridgehead atoms. The van der Waals surface area contributed by atoms with Crippen LogP contribution >= 0.6 is 0 Å². The number of anilines is 1. The zero-order chi connectivity index (χ0) is 15.4. The Kier molecular flexibility index (Phi) is 7.37. The molecule has 0 N–H and O–H groups in total. The van der Waals surface area contributed by atoms with Crippen LogP contribution in [0.5, 0.6) is 0 Å². The molecular weight excluding hydrogens is 299 g/mol. The van der Waals surface area contributed by atoms with Gasteiger partial charge in [0.2, 0.25) is 5.95 Å². The van der Waals surface area contributed by atoms with E-state index in [4.69, 9.17) is 9.72 Å². The molecular formula is C17H27N4NaO. The number of hydrogen-bond donors (Lipinski definition) is 0. The van der Waals surface area contributed by atoms with Crippen molar-refractivity contribution in [3.8, 4) is 0 Å². The van der Waals surface area contributed by atoms with Gasteiger partial charge in [-0.15, -0.1) is 0 Å². The number of nitrogens with zero attached hydrogens (tertiary/aromatic N) is 4. The topological polar surface area (TPSA) is 33.5 Å². The summed E-state index contributed by atoms with van der Waals surface area (Å²) in [7, 11) is 2.20.